The quantitative estimate of drug-likeness (QED) is 0.893. The van der Waals surface area contributed by atoms with Gasteiger partial charge < -0.3 is 19.7 Å². The molecule has 0 spiro atoms. The van der Waals surface area contributed by atoms with Crippen LogP contribution in [0.3, 0.4) is 0 Å². The predicted molar refractivity (Wildman–Crippen MR) is 74.0 cm³/mol. The first kappa shape index (κ1) is 14.0. The minimum absolute atomic E-state index is 0.00898. The number of ether oxygens (including phenoxy) is 2. The molecule has 2 aromatic heterocycles. The van der Waals surface area contributed by atoms with E-state index in [0.29, 0.717) is 37.2 Å². The Kier molecular flexibility index (Phi) is 4.12. The van der Waals surface area contributed by atoms with Gasteiger partial charge in [0.25, 0.3) is 0 Å². The van der Waals surface area contributed by atoms with Crippen LogP contribution in [-0.4, -0.2) is 41.5 Å². The first-order chi connectivity index (χ1) is 10.3. The monoisotopic (exact) mass is 290 g/mol. The van der Waals surface area contributed by atoms with Crippen molar-refractivity contribution in [3.63, 3.8) is 0 Å². The van der Waals surface area contributed by atoms with E-state index in [2.05, 4.69) is 15.1 Å². The van der Waals surface area contributed by atoms with Crippen LogP contribution in [0.15, 0.2) is 22.9 Å². The molecule has 0 radical (unpaired) electrons. The lowest BCUT2D eigenvalue weighted by molar-refractivity contribution is 0.0590. The Morgan fingerprint density at radius 2 is 2.33 bits per heavy atom. The zero-order valence-electron chi connectivity index (χ0n) is 11.9. The Balaban J connectivity index is 1.69. The Morgan fingerprint density at radius 1 is 1.43 bits per heavy atom. The van der Waals surface area contributed by atoms with Crippen molar-refractivity contribution in [3.8, 4) is 5.88 Å². The van der Waals surface area contributed by atoms with Gasteiger partial charge in [-0.1, -0.05) is 11.2 Å². The molecule has 7 heteroatoms. The predicted octanol–water partition coefficient (Wildman–Crippen LogP) is 0.895. The molecule has 1 aliphatic heterocycles. The zero-order valence-corrected chi connectivity index (χ0v) is 11.9. The number of hydrogen-bond acceptors (Lipinski definition) is 7. The van der Waals surface area contributed by atoms with Crippen LogP contribution in [0.4, 0.5) is 0 Å². The topological polar surface area (TPSA) is 96.3 Å². The molecular weight excluding hydrogens is 272 g/mol. The zero-order chi connectivity index (χ0) is 14.7. The fourth-order valence-electron chi connectivity index (χ4n) is 2.32. The van der Waals surface area contributed by atoms with Crippen molar-refractivity contribution >= 4 is 0 Å². The molecular formula is C14H18N4O3. The number of methoxy groups -OCH3 is 1. The molecule has 0 saturated carbocycles. The second-order valence-electron chi connectivity index (χ2n) is 5.07. The van der Waals surface area contributed by atoms with Gasteiger partial charge in [0, 0.05) is 31.3 Å². The highest BCUT2D eigenvalue weighted by atomic mass is 16.5. The van der Waals surface area contributed by atoms with Gasteiger partial charge in [-0.15, -0.1) is 0 Å². The average Bonchev–Trinajstić information content (AvgIpc) is 2.97. The molecule has 1 saturated heterocycles. The average molecular weight is 290 g/mol. The lowest BCUT2D eigenvalue weighted by atomic mass is 9.97. The smallest absolute Gasteiger partial charge is 0.233 e. The van der Waals surface area contributed by atoms with Crippen LogP contribution >= 0.6 is 0 Å². The van der Waals surface area contributed by atoms with E-state index in [-0.39, 0.29) is 12.0 Å². The Labute approximate surface area is 122 Å². The Hall–Kier alpha value is -1.99. The lowest BCUT2D eigenvalue weighted by Crippen LogP contribution is -2.37. The third kappa shape index (κ3) is 3.20. The van der Waals surface area contributed by atoms with Gasteiger partial charge in [-0.25, -0.2) is 4.98 Å². The molecule has 112 valence electrons. The summed E-state index contributed by atoms with van der Waals surface area (Å²) in [4.78, 5) is 8.58. The van der Waals surface area contributed by atoms with Crippen molar-refractivity contribution < 1.29 is 14.0 Å². The van der Waals surface area contributed by atoms with Gasteiger partial charge in [0.05, 0.1) is 19.6 Å². The van der Waals surface area contributed by atoms with Crippen molar-refractivity contribution in [3.05, 3.63) is 35.6 Å². The first-order valence-electron chi connectivity index (χ1n) is 6.91. The number of nitrogens with zero attached hydrogens (tertiary/aromatic N) is 3. The van der Waals surface area contributed by atoms with Crippen molar-refractivity contribution in [2.75, 3.05) is 20.3 Å². The van der Waals surface area contributed by atoms with E-state index in [1.807, 2.05) is 6.07 Å². The van der Waals surface area contributed by atoms with Crippen molar-refractivity contribution in [2.24, 2.45) is 5.73 Å². The summed E-state index contributed by atoms with van der Waals surface area (Å²) < 4.78 is 15.8. The van der Waals surface area contributed by atoms with E-state index in [9.17, 15) is 0 Å². The van der Waals surface area contributed by atoms with Crippen LogP contribution in [0, 0.1) is 0 Å². The maximum atomic E-state index is 6.07. The molecule has 0 bridgehead atoms. The minimum atomic E-state index is -0.0195. The van der Waals surface area contributed by atoms with Gasteiger partial charge in [0.2, 0.25) is 11.8 Å². The summed E-state index contributed by atoms with van der Waals surface area (Å²) in [6.45, 7) is 1.23. The van der Waals surface area contributed by atoms with Crippen LogP contribution < -0.4 is 10.5 Å². The van der Waals surface area contributed by atoms with E-state index < -0.39 is 0 Å². The number of nitrogens with two attached hydrogens (primary N) is 1. The van der Waals surface area contributed by atoms with Gasteiger partial charge in [-0.05, 0) is 12.0 Å². The highest BCUT2D eigenvalue weighted by Gasteiger charge is 2.29. The molecule has 2 unspecified atom stereocenters. The fourth-order valence-corrected chi connectivity index (χ4v) is 2.32. The van der Waals surface area contributed by atoms with E-state index in [1.54, 1.807) is 19.4 Å². The summed E-state index contributed by atoms with van der Waals surface area (Å²) in [6.07, 6.45) is 3.11. The number of hydrogen-bond donors (Lipinski definition) is 1. The van der Waals surface area contributed by atoms with Crippen LogP contribution in [-0.2, 0) is 11.2 Å². The Bertz CT molecular complexity index is 584. The van der Waals surface area contributed by atoms with Crippen molar-refractivity contribution in [1.82, 2.24) is 15.1 Å². The molecule has 2 atom stereocenters. The summed E-state index contributed by atoms with van der Waals surface area (Å²) in [5, 5.41) is 4.01. The minimum Gasteiger partial charge on any atom is -0.481 e. The SMILES string of the molecule is COc1ccc(Cc2noc(C3COCCC3N)n2)cn1. The molecule has 0 amide bonds. The summed E-state index contributed by atoms with van der Waals surface area (Å²) in [5.74, 6) is 1.74. The van der Waals surface area contributed by atoms with Gasteiger partial charge >= 0.3 is 0 Å². The number of aromatic nitrogens is 3. The number of pyridine rings is 1. The molecule has 21 heavy (non-hydrogen) atoms. The van der Waals surface area contributed by atoms with Crippen LogP contribution in [0.1, 0.15) is 29.6 Å². The third-order valence-corrected chi connectivity index (χ3v) is 3.58. The largest absolute Gasteiger partial charge is 0.481 e. The molecule has 1 aliphatic rings. The molecule has 0 aromatic carbocycles. The normalized spacial score (nSPS) is 22.2. The van der Waals surface area contributed by atoms with E-state index in [0.717, 1.165) is 12.0 Å². The van der Waals surface area contributed by atoms with Crippen LogP contribution in [0.5, 0.6) is 5.88 Å². The maximum Gasteiger partial charge on any atom is 0.233 e. The molecule has 2 aromatic rings. The molecule has 1 fully saturated rings. The fraction of sp³-hybridized carbons (Fsp3) is 0.500. The van der Waals surface area contributed by atoms with Gasteiger partial charge in [0.1, 0.15) is 0 Å². The summed E-state index contributed by atoms with van der Waals surface area (Å²) in [5.41, 5.74) is 7.07. The Morgan fingerprint density at radius 3 is 3.05 bits per heavy atom. The summed E-state index contributed by atoms with van der Waals surface area (Å²) in [6, 6.07) is 3.74. The number of rotatable bonds is 4. The van der Waals surface area contributed by atoms with Crippen LogP contribution in [0.2, 0.25) is 0 Å². The standard InChI is InChI=1S/C14H18N4O3/c1-19-13-3-2-9(7-16-13)6-12-17-14(21-18-12)10-8-20-5-4-11(10)15/h2-3,7,10-11H,4-6,8,15H2,1H3. The van der Waals surface area contributed by atoms with E-state index in [1.165, 1.54) is 0 Å². The molecule has 7 nitrogen and oxygen atoms in total. The third-order valence-electron chi connectivity index (χ3n) is 3.58. The van der Waals surface area contributed by atoms with Crippen molar-refractivity contribution in [1.29, 1.82) is 0 Å². The van der Waals surface area contributed by atoms with E-state index in [4.69, 9.17) is 19.7 Å². The lowest BCUT2D eigenvalue weighted by Gasteiger charge is -2.25. The molecule has 0 aliphatic carbocycles. The highest BCUT2D eigenvalue weighted by Crippen LogP contribution is 2.23. The molecule has 2 N–H and O–H groups in total. The second kappa shape index (κ2) is 6.19. The second-order valence-corrected chi connectivity index (χ2v) is 5.07. The first-order valence-corrected chi connectivity index (χ1v) is 6.91. The van der Waals surface area contributed by atoms with E-state index >= 15 is 0 Å². The maximum absolute atomic E-state index is 6.07. The highest BCUT2D eigenvalue weighted by molar-refractivity contribution is 5.20. The summed E-state index contributed by atoms with van der Waals surface area (Å²) >= 11 is 0. The van der Waals surface area contributed by atoms with Gasteiger partial charge in [0.15, 0.2) is 5.82 Å². The molecule has 3 rings (SSSR count). The summed E-state index contributed by atoms with van der Waals surface area (Å²) in [7, 11) is 1.59. The van der Waals surface area contributed by atoms with Crippen molar-refractivity contribution in [2.45, 2.75) is 24.8 Å². The molecule has 3 heterocycles. The van der Waals surface area contributed by atoms with Gasteiger partial charge in [-0.3, -0.25) is 0 Å². The van der Waals surface area contributed by atoms with Crippen LogP contribution in [0.25, 0.3) is 0 Å². The van der Waals surface area contributed by atoms with Gasteiger partial charge in [-0.2, -0.15) is 4.98 Å².